The number of aryl methyl sites for hydroxylation is 2. The van der Waals surface area contributed by atoms with Gasteiger partial charge >= 0.3 is 0 Å². The fraction of sp³-hybridized carbons (Fsp3) is 0.188. The van der Waals surface area contributed by atoms with Crippen molar-refractivity contribution in [3.8, 4) is 17.3 Å². The second-order valence-corrected chi connectivity index (χ2v) is 4.84. The third kappa shape index (κ3) is 1.68. The molecule has 98 valence electrons. The van der Waals surface area contributed by atoms with Crippen LogP contribution in [-0.4, -0.2) is 14.6 Å². The summed E-state index contributed by atoms with van der Waals surface area (Å²) in [6, 6.07) is 12.2. The van der Waals surface area contributed by atoms with Gasteiger partial charge in [-0.05, 0) is 26.3 Å². The number of hydrogen-bond acceptors (Lipinski definition) is 3. The lowest BCUT2D eigenvalue weighted by atomic mass is 10.1. The van der Waals surface area contributed by atoms with Crippen LogP contribution in [0.2, 0.25) is 0 Å². The van der Waals surface area contributed by atoms with Gasteiger partial charge in [0.1, 0.15) is 11.6 Å². The number of fused-ring (bicyclic) bond motifs is 1. The lowest BCUT2D eigenvalue weighted by Gasteiger charge is -2.05. The van der Waals surface area contributed by atoms with Crippen LogP contribution < -0.4 is 0 Å². The first kappa shape index (κ1) is 12.4. The third-order valence-corrected chi connectivity index (χ3v) is 3.57. The lowest BCUT2D eigenvalue weighted by Crippen LogP contribution is -2.02. The van der Waals surface area contributed by atoms with Gasteiger partial charge in [-0.3, -0.25) is 0 Å². The molecule has 3 rings (SSSR count). The summed E-state index contributed by atoms with van der Waals surface area (Å²) in [7, 11) is 0. The van der Waals surface area contributed by atoms with Crippen molar-refractivity contribution in [1.29, 1.82) is 5.26 Å². The van der Waals surface area contributed by atoms with Crippen molar-refractivity contribution in [3.05, 3.63) is 52.8 Å². The normalized spacial score (nSPS) is 10.7. The summed E-state index contributed by atoms with van der Waals surface area (Å²) in [5.74, 6) is 0. The molecule has 2 aromatic heterocycles. The van der Waals surface area contributed by atoms with E-state index in [2.05, 4.69) is 16.2 Å². The van der Waals surface area contributed by atoms with Crippen molar-refractivity contribution in [2.75, 3.05) is 0 Å². The quantitative estimate of drug-likeness (QED) is 0.676. The number of nitriles is 1. The van der Waals surface area contributed by atoms with Crippen molar-refractivity contribution < 1.29 is 0 Å². The zero-order chi connectivity index (χ0) is 14.3. The molecule has 0 aliphatic carbocycles. The molecule has 0 amide bonds. The highest BCUT2D eigenvalue weighted by molar-refractivity contribution is 5.75. The second-order valence-electron chi connectivity index (χ2n) is 4.84. The highest BCUT2D eigenvalue weighted by Gasteiger charge is 2.19. The average molecular weight is 262 g/mol. The van der Waals surface area contributed by atoms with Crippen LogP contribution in [0, 0.1) is 32.1 Å². The van der Waals surface area contributed by atoms with Crippen LogP contribution in [0.4, 0.5) is 0 Å². The van der Waals surface area contributed by atoms with Gasteiger partial charge in [0, 0.05) is 5.56 Å². The Balaban J connectivity index is 2.47. The predicted molar refractivity (Wildman–Crippen MR) is 77.3 cm³/mol. The smallest absolute Gasteiger partial charge is 0.172 e. The van der Waals surface area contributed by atoms with Gasteiger partial charge in [-0.1, -0.05) is 30.3 Å². The van der Waals surface area contributed by atoms with Gasteiger partial charge in [0.2, 0.25) is 0 Å². The zero-order valence-electron chi connectivity index (χ0n) is 11.7. The minimum Gasteiger partial charge on any atom is -0.231 e. The van der Waals surface area contributed by atoms with E-state index in [9.17, 15) is 5.26 Å². The molecule has 0 atom stereocenters. The minimum atomic E-state index is 0.597. The molecule has 0 saturated heterocycles. The maximum Gasteiger partial charge on any atom is 0.172 e. The van der Waals surface area contributed by atoms with Gasteiger partial charge in [-0.15, -0.1) is 0 Å². The van der Waals surface area contributed by atoms with Crippen molar-refractivity contribution >= 4 is 5.65 Å². The maximum absolute atomic E-state index is 9.41. The van der Waals surface area contributed by atoms with Crippen molar-refractivity contribution in [3.63, 3.8) is 0 Å². The topological polar surface area (TPSA) is 54.0 Å². The van der Waals surface area contributed by atoms with Gasteiger partial charge in [0.15, 0.2) is 5.65 Å². The van der Waals surface area contributed by atoms with E-state index in [-0.39, 0.29) is 0 Å². The summed E-state index contributed by atoms with van der Waals surface area (Å²) >= 11 is 0. The van der Waals surface area contributed by atoms with E-state index in [0.29, 0.717) is 11.2 Å². The molecule has 2 heterocycles. The minimum absolute atomic E-state index is 0.597. The highest BCUT2D eigenvalue weighted by atomic mass is 15.3. The van der Waals surface area contributed by atoms with E-state index >= 15 is 0 Å². The first-order chi connectivity index (χ1) is 9.63. The van der Waals surface area contributed by atoms with Gasteiger partial charge in [-0.2, -0.15) is 10.4 Å². The van der Waals surface area contributed by atoms with E-state index in [0.717, 1.165) is 28.2 Å². The van der Waals surface area contributed by atoms with E-state index in [1.165, 1.54) is 0 Å². The number of benzene rings is 1. The fourth-order valence-corrected chi connectivity index (χ4v) is 2.39. The Morgan fingerprint density at radius 1 is 1.05 bits per heavy atom. The number of rotatable bonds is 1. The van der Waals surface area contributed by atoms with E-state index < -0.39 is 0 Å². The molecule has 0 saturated carbocycles. The molecule has 0 spiro atoms. The summed E-state index contributed by atoms with van der Waals surface area (Å²) in [4.78, 5) is 4.53. The molecule has 20 heavy (non-hydrogen) atoms. The molecule has 0 N–H and O–H groups in total. The Morgan fingerprint density at radius 3 is 2.40 bits per heavy atom. The largest absolute Gasteiger partial charge is 0.231 e. The molecule has 0 bridgehead atoms. The van der Waals surface area contributed by atoms with Crippen LogP contribution >= 0.6 is 0 Å². The Labute approximate surface area is 117 Å². The van der Waals surface area contributed by atoms with Crippen LogP contribution in [-0.2, 0) is 0 Å². The number of aromatic nitrogens is 3. The van der Waals surface area contributed by atoms with Gasteiger partial charge in [0.05, 0.1) is 17.1 Å². The number of nitrogens with zero attached hydrogens (tertiary/aromatic N) is 4. The first-order valence-electron chi connectivity index (χ1n) is 6.45. The molecule has 0 aliphatic heterocycles. The maximum atomic E-state index is 9.41. The molecule has 3 aromatic rings. The Hall–Kier alpha value is -2.67. The average Bonchev–Trinajstić information content (AvgIpc) is 2.71. The molecule has 4 nitrogen and oxygen atoms in total. The molecule has 1 aromatic carbocycles. The van der Waals surface area contributed by atoms with E-state index in [1.54, 1.807) is 4.52 Å². The zero-order valence-corrected chi connectivity index (χ0v) is 11.7. The van der Waals surface area contributed by atoms with Gasteiger partial charge < -0.3 is 0 Å². The van der Waals surface area contributed by atoms with Gasteiger partial charge in [-0.25, -0.2) is 9.50 Å². The lowest BCUT2D eigenvalue weighted by molar-refractivity contribution is 0.860. The Kier molecular flexibility index (Phi) is 2.76. The standard InChI is InChI=1S/C16H14N4/c1-10-14(9-17)16-18-11(2)12(3)19-20(16)15(10)13-7-5-4-6-8-13/h4-8H,1-3H3. The van der Waals surface area contributed by atoms with Crippen LogP contribution in [0.5, 0.6) is 0 Å². The van der Waals surface area contributed by atoms with Crippen molar-refractivity contribution in [1.82, 2.24) is 14.6 Å². The van der Waals surface area contributed by atoms with E-state index in [4.69, 9.17) is 0 Å². The van der Waals surface area contributed by atoms with Crippen LogP contribution in [0.1, 0.15) is 22.5 Å². The van der Waals surface area contributed by atoms with E-state index in [1.807, 2.05) is 51.1 Å². The molecule has 0 aliphatic rings. The van der Waals surface area contributed by atoms with Gasteiger partial charge in [0.25, 0.3) is 0 Å². The highest BCUT2D eigenvalue weighted by Crippen LogP contribution is 2.29. The second kappa shape index (κ2) is 4.46. The molecular formula is C16H14N4. The number of hydrogen-bond donors (Lipinski definition) is 0. The first-order valence-corrected chi connectivity index (χ1v) is 6.45. The summed E-state index contributed by atoms with van der Waals surface area (Å²) in [5, 5.41) is 14.0. The Morgan fingerprint density at radius 2 is 1.75 bits per heavy atom. The predicted octanol–water partition coefficient (Wildman–Crippen LogP) is 3.19. The summed E-state index contributed by atoms with van der Waals surface area (Å²) in [6.07, 6.45) is 0. The van der Waals surface area contributed by atoms with Crippen molar-refractivity contribution in [2.45, 2.75) is 20.8 Å². The Bertz CT molecular complexity index is 839. The van der Waals surface area contributed by atoms with Crippen LogP contribution in [0.3, 0.4) is 0 Å². The van der Waals surface area contributed by atoms with Crippen LogP contribution in [0.25, 0.3) is 16.9 Å². The van der Waals surface area contributed by atoms with Crippen LogP contribution in [0.15, 0.2) is 30.3 Å². The third-order valence-electron chi connectivity index (χ3n) is 3.57. The summed E-state index contributed by atoms with van der Waals surface area (Å²) in [5.41, 5.74) is 5.85. The molecule has 0 fully saturated rings. The molecule has 0 radical (unpaired) electrons. The molecule has 0 unspecified atom stereocenters. The monoisotopic (exact) mass is 262 g/mol. The molecule has 4 heteroatoms. The summed E-state index contributed by atoms with van der Waals surface area (Å²) < 4.78 is 1.78. The molecular weight excluding hydrogens is 248 g/mol. The SMILES string of the molecule is Cc1nc2c(C#N)c(C)c(-c3ccccc3)n2nc1C. The van der Waals surface area contributed by atoms with Crippen molar-refractivity contribution in [2.24, 2.45) is 0 Å². The fourth-order valence-electron chi connectivity index (χ4n) is 2.39. The summed E-state index contributed by atoms with van der Waals surface area (Å²) in [6.45, 7) is 5.79.